The van der Waals surface area contributed by atoms with E-state index in [0.717, 1.165) is 18.5 Å². The number of nitriles is 1. The number of thioether (sulfide) groups is 1. The van der Waals surface area contributed by atoms with Crippen molar-refractivity contribution in [1.29, 1.82) is 5.26 Å². The monoisotopic (exact) mass is 300 g/mol. The van der Waals surface area contributed by atoms with Crippen LogP contribution in [0, 0.1) is 35.0 Å². The number of Topliss-reactive ketones (excluding diaryl/α,β-unsaturated/α-hetero) is 1. The lowest BCUT2D eigenvalue weighted by molar-refractivity contribution is -0.122. The summed E-state index contributed by atoms with van der Waals surface area (Å²) in [5.41, 5.74) is 1.50. The number of rotatable bonds is 2. The number of nitrogens with zero attached hydrogens (tertiary/aromatic N) is 2. The van der Waals surface area contributed by atoms with Crippen LogP contribution in [0.1, 0.15) is 44.9 Å². The molecule has 2 fully saturated rings. The van der Waals surface area contributed by atoms with Gasteiger partial charge in [-0.3, -0.25) is 4.79 Å². The first-order valence-corrected chi connectivity index (χ1v) is 8.27. The normalized spacial score (nSPS) is 33.2. The number of fused-ring (bicyclic) bond motifs is 2. The van der Waals surface area contributed by atoms with Gasteiger partial charge in [0, 0.05) is 11.6 Å². The van der Waals surface area contributed by atoms with Gasteiger partial charge >= 0.3 is 0 Å². The number of hydrogen-bond donors (Lipinski definition) is 0. The number of aryl methyl sites for hydroxylation is 1. The van der Waals surface area contributed by atoms with Crippen molar-refractivity contribution < 1.29 is 4.79 Å². The van der Waals surface area contributed by atoms with Crippen molar-refractivity contribution in [2.24, 2.45) is 16.7 Å². The number of aromatic nitrogens is 1. The molecular formula is C17H20N2OS. The summed E-state index contributed by atoms with van der Waals surface area (Å²) < 4.78 is 0. The second-order valence-electron chi connectivity index (χ2n) is 7.05. The third kappa shape index (κ3) is 1.87. The van der Waals surface area contributed by atoms with Gasteiger partial charge in [0.25, 0.3) is 0 Å². The van der Waals surface area contributed by atoms with Crippen molar-refractivity contribution in [3.05, 3.63) is 23.4 Å². The summed E-state index contributed by atoms with van der Waals surface area (Å²) in [4.78, 5) is 17.2. The molecule has 3 atom stereocenters. The van der Waals surface area contributed by atoms with Crippen LogP contribution in [0.25, 0.3) is 0 Å². The van der Waals surface area contributed by atoms with Crippen LogP contribution in [0.4, 0.5) is 0 Å². The topological polar surface area (TPSA) is 53.8 Å². The number of pyridine rings is 1. The van der Waals surface area contributed by atoms with Crippen molar-refractivity contribution in [3.63, 3.8) is 0 Å². The molecule has 0 amide bonds. The summed E-state index contributed by atoms with van der Waals surface area (Å²) >= 11 is 1.51. The summed E-state index contributed by atoms with van der Waals surface area (Å²) in [5, 5.41) is 9.89. The highest BCUT2D eigenvalue weighted by Gasteiger charge is 2.66. The number of ketones is 1. The molecule has 3 nitrogen and oxygen atoms in total. The lowest BCUT2D eigenvalue weighted by atomic mass is 9.71. The molecule has 1 aromatic heterocycles. The molecule has 21 heavy (non-hydrogen) atoms. The molecule has 0 aromatic carbocycles. The fourth-order valence-electron chi connectivity index (χ4n) is 4.00. The summed E-state index contributed by atoms with van der Waals surface area (Å²) in [6, 6.07) is 5.84. The Morgan fingerprint density at radius 1 is 1.38 bits per heavy atom. The molecule has 1 aromatic rings. The zero-order chi connectivity index (χ0) is 15.4. The average Bonchev–Trinajstić information content (AvgIpc) is 2.73. The van der Waals surface area contributed by atoms with Gasteiger partial charge in [0.1, 0.15) is 16.9 Å². The van der Waals surface area contributed by atoms with Crippen LogP contribution in [-0.2, 0) is 4.79 Å². The summed E-state index contributed by atoms with van der Waals surface area (Å²) in [6.07, 6.45) is 2.09. The van der Waals surface area contributed by atoms with Crippen molar-refractivity contribution in [2.45, 2.75) is 50.8 Å². The maximum absolute atomic E-state index is 12.7. The van der Waals surface area contributed by atoms with Crippen molar-refractivity contribution in [3.8, 4) is 6.07 Å². The Morgan fingerprint density at radius 3 is 2.67 bits per heavy atom. The highest BCUT2D eigenvalue weighted by atomic mass is 32.2. The molecule has 0 N–H and O–H groups in total. The summed E-state index contributed by atoms with van der Waals surface area (Å²) in [7, 11) is 0. The fraction of sp³-hybridized carbons (Fsp3) is 0.588. The molecule has 4 heteroatoms. The third-order valence-electron chi connectivity index (χ3n) is 5.83. The highest BCUT2D eigenvalue weighted by molar-refractivity contribution is 8.00. The zero-order valence-corrected chi connectivity index (χ0v) is 13.8. The predicted octanol–water partition coefficient (Wildman–Crippen LogP) is 3.75. The van der Waals surface area contributed by atoms with Crippen LogP contribution < -0.4 is 0 Å². The summed E-state index contributed by atoms with van der Waals surface area (Å²) in [6.45, 7) is 8.59. The van der Waals surface area contributed by atoms with Crippen LogP contribution in [-0.4, -0.2) is 16.0 Å². The van der Waals surface area contributed by atoms with Gasteiger partial charge in [-0.05, 0) is 42.7 Å². The van der Waals surface area contributed by atoms with E-state index in [-0.39, 0.29) is 22.0 Å². The Morgan fingerprint density at radius 2 is 2.10 bits per heavy atom. The molecule has 0 spiro atoms. The highest BCUT2D eigenvalue weighted by Crippen LogP contribution is 2.67. The van der Waals surface area contributed by atoms with Crippen LogP contribution in [0.3, 0.4) is 0 Å². The SMILES string of the molecule is Cc1ccc(C#N)c(S[C@H]2C(=O)[C@H]3CC[C@@]2(C)C3(C)C)n1. The molecule has 0 aliphatic heterocycles. The minimum atomic E-state index is -0.0763. The molecule has 110 valence electrons. The molecule has 0 unspecified atom stereocenters. The molecular weight excluding hydrogens is 280 g/mol. The molecule has 2 saturated carbocycles. The predicted molar refractivity (Wildman–Crippen MR) is 83.0 cm³/mol. The lowest BCUT2D eigenvalue weighted by Gasteiger charge is -2.37. The van der Waals surface area contributed by atoms with E-state index >= 15 is 0 Å². The standard InChI is InChI=1S/C17H20N2OS/c1-10-5-6-11(9-18)15(19-10)21-14-13(20)12-7-8-17(14,4)16(12,2)3/h5-6,12,14H,7-8H2,1-4H3/t12-,14+,17-/m1/s1. The Hall–Kier alpha value is -1.34. The summed E-state index contributed by atoms with van der Waals surface area (Å²) in [5.74, 6) is 0.515. The zero-order valence-electron chi connectivity index (χ0n) is 12.9. The molecule has 2 aliphatic rings. The van der Waals surface area contributed by atoms with E-state index in [1.54, 1.807) is 6.07 Å². The molecule has 2 aliphatic carbocycles. The second kappa shape index (κ2) is 4.58. The Bertz CT molecular complexity index is 661. The average molecular weight is 300 g/mol. The van der Waals surface area contributed by atoms with Crippen LogP contribution in [0.2, 0.25) is 0 Å². The molecule has 1 heterocycles. The van der Waals surface area contributed by atoms with Gasteiger partial charge in [0.2, 0.25) is 0 Å². The molecule has 2 bridgehead atoms. The van der Waals surface area contributed by atoms with Gasteiger partial charge in [-0.25, -0.2) is 4.98 Å². The number of carbonyl (C=O) groups excluding carboxylic acids is 1. The van der Waals surface area contributed by atoms with E-state index in [0.29, 0.717) is 16.4 Å². The van der Waals surface area contributed by atoms with E-state index in [1.165, 1.54) is 11.8 Å². The van der Waals surface area contributed by atoms with E-state index in [9.17, 15) is 10.1 Å². The molecule has 0 saturated heterocycles. The van der Waals surface area contributed by atoms with Crippen molar-refractivity contribution in [1.82, 2.24) is 4.98 Å². The quantitative estimate of drug-likeness (QED) is 0.834. The van der Waals surface area contributed by atoms with Gasteiger partial charge in [0.05, 0.1) is 10.8 Å². The van der Waals surface area contributed by atoms with E-state index in [1.807, 2.05) is 13.0 Å². The molecule has 3 rings (SSSR count). The van der Waals surface area contributed by atoms with Crippen LogP contribution >= 0.6 is 11.8 Å². The minimum absolute atomic E-state index is 0.00241. The Kier molecular flexibility index (Phi) is 3.18. The van der Waals surface area contributed by atoms with Gasteiger partial charge in [0.15, 0.2) is 0 Å². The third-order valence-corrected chi connectivity index (χ3v) is 7.35. The first-order valence-electron chi connectivity index (χ1n) is 7.39. The number of hydrogen-bond acceptors (Lipinski definition) is 4. The Balaban J connectivity index is 1.99. The first kappa shape index (κ1) is 14.6. The number of carbonyl (C=O) groups is 1. The fourth-order valence-corrected chi connectivity index (χ4v) is 5.62. The van der Waals surface area contributed by atoms with Crippen molar-refractivity contribution >= 4 is 17.5 Å². The van der Waals surface area contributed by atoms with Crippen LogP contribution in [0.15, 0.2) is 17.2 Å². The van der Waals surface area contributed by atoms with Gasteiger partial charge in [-0.1, -0.05) is 32.5 Å². The maximum Gasteiger partial charge on any atom is 0.150 e. The largest absolute Gasteiger partial charge is 0.298 e. The van der Waals surface area contributed by atoms with Crippen molar-refractivity contribution in [2.75, 3.05) is 0 Å². The maximum atomic E-state index is 12.7. The first-order chi connectivity index (χ1) is 9.81. The lowest BCUT2D eigenvalue weighted by Crippen LogP contribution is -2.35. The van der Waals surface area contributed by atoms with Gasteiger partial charge in [-0.15, -0.1) is 0 Å². The second-order valence-corrected chi connectivity index (χ2v) is 8.14. The Labute approximate surface area is 130 Å². The van der Waals surface area contributed by atoms with Gasteiger partial charge < -0.3 is 0 Å². The molecule has 0 radical (unpaired) electrons. The van der Waals surface area contributed by atoms with Gasteiger partial charge in [-0.2, -0.15) is 5.26 Å². The van der Waals surface area contributed by atoms with E-state index in [4.69, 9.17) is 0 Å². The smallest absolute Gasteiger partial charge is 0.150 e. The van der Waals surface area contributed by atoms with E-state index < -0.39 is 0 Å². The minimum Gasteiger partial charge on any atom is -0.298 e. The van der Waals surface area contributed by atoms with Crippen LogP contribution in [0.5, 0.6) is 0 Å². The van der Waals surface area contributed by atoms with E-state index in [2.05, 4.69) is 31.8 Å².